The lowest BCUT2D eigenvalue weighted by atomic mass is 10.6. The Bertz CT molecular complexity index is 303. The first-order chi connectivity index (χ1) is 5.18. The average Bonchev–Trinajstić information content (AvgIpc) is 2.31. The molecule has 1 aromatic rings. The van der Waals surface area contributed by atoms with Gasteiger partial charge in [0.2, 0.25) is 10.7 Å². The fraction of sp³-hybridized carbons (Fsp3) is 0.250. The number of anilines is 1. The molecule has 6 nitrogen and oxygen atoms in total. The van der Waals surface area contributed by atoms with E-state index >= 15 is 0 Å². The highest BCUT2D eigenvalue weighted by Gasteiger charge is 1.97. The van der Waals surface area contributed by atoms with Gasteiger partial charge in [0.25, 0.3) is 0 Å². The number of rotatable bonds is 3. The SMILES string of the molecule is O=C(O)CNc1nc(=S)[nH][nH]1. The van der Waals surface area contributed by atoms with Gasteiger partial charge < -0.3 is 10.4 Å². The van der Waals surface area contributed by atoms with E-state index in [0.29, 0.717) is 5.95 Å². The van der Waals surface area contributed by atoms with E-state index in [1.54, 1.807) is 0 Å². The van der Waals surface area contributed by atoms with Gasteiger partial charge in [0, 0.05) is 0 Å². The Hall–Kier alpha value is -1.37. The van der Waals surface area contributed by atoms with E-state index < -0.39 is 5.97 Å². The third-order valence-corrected chi connectivity index (χ3v) is 1.10. The van der Waals surface area contributed by atoms with Crippen LogP contribution in [-0.2, 0) is 4.79 Å². The van der Waals surface area contributed by atoms with Crippen LogP contribution in [0.4, 0.5) is 5.95 Å². The summed E-state index contributed by atoms with van der Waals surface area (Å²) in [5.74, 6) is -0.621. The smallest absolute Gasteiger partial charge is 0.322 e. The van der Waals surface area contributed by atoms with E-state index in [-0.39, 0.29) is 11.3 Å². The quantitative estimate of drug-likeness (QED) is 0.482. The van der Waals surface area contributed by atoms with Crippen molar-refractivity contribution in [3.05, 3.63) is 4.77 Å². The van der Waals surface area contributed by atoms with Gasteiger partial charge in [-0.25, -0.2) is 0 Å². The zero-order chi connectivity index (χ0) is 8.27. The Balaban J connectivity index is 2.51. The molecule has 0 unspecified atom stereocenters. The molecule has 60 valence electrons. The second-order valence-corrected chi connectivity index (χ2v) is 2.15. The van der Waals surface area contributed by atoms with E-state index in [1.165, 1.54) is 0 Å². The standard InChI is InChI=1S/C4H6N4O2S/c9-2(10)1-5-3-6-4(11)8-7-3/h1H2,(H,9,10)(H3,5,6,7,8,11). The third-order valence-electron chi connectivity index (χ3n) is 0.908. The number of nitrogens with one attached hydrogen (secondary N) is 3. The van der Waals surface area contributed by atoms with E-state index in [1.807, 2.05) is 0 Å². The summed E-state index contributed by atoms with van der Waals surface area (Å²) in [6.07, 6.45) is 0. The molecule has 0 aliphatic carbocycles. The maximum absolute atomic E-state index is 10.0. The lowest BCUT2D eigenvalue weighted by molar-refractivity contribution is -0.134. The molecule has 0 aliphatic rings. The number of aliphatic carboxylic acids is 1. The monoisotopic (exact) mass is 174 g/mol. The molecule has 0 atom stereocenters. The normalized spacial score (nSPS) is 9.45. The van der Waals surface area contributed by atoms with E-state index in [4.69, 9.17) is 5.11 Å². The number of carboxylic acids is 1. The van der Waals surface area contributed by atoms with Crippen molar-refractivity contribution >= 4 is 24.1 Å². The highest BCUT2D eigenvalue weighted by molar-refractivity contribution is 7.71. The van der Waals surface area contributed by atoms with Gasteiger partial charge in [-0.2, -0.15) is 4.98 Å². The topological polar surface area (TPSA) is 93.8 Å². The van der Waals surface area contributed by atoms with E-state index in [0.717, 1.165) is 0 Å². The van der Waals surface area contributed by atoms with Crippen molar-refractivity contribution in [1.29, 1.82) is 0 Å². The molecule has 0 fully saturated rings. The summed E-state index contributed by atoms with van der Waals surface area (Å²) in [6.45, 7) is -0.184. The molecule has 11 heavy (non-hydrogen) atoms. The van der Waals surface area contributed by atoms with Gasteiger partial charge in [-0.15, -0.1) is 0 Å². The van der Waals surface area contributed by atoms with Crippen molar-refractivity contribution in [2.45, 2.75) is 0 Å². The predicted molar refractivity (Wildman–Crippen MR) is 39.9 cm³/mol. The molecule has 1 heterocycles. The zero-order valence-corrected chi connectivity index (χ0v) is 6.23. The maximum Gasteiger partial charge on any atom is 0.322 e. The summed E-state index contributed by atoms with van der Waals surface area (Å²) in [5, 5.41) is 15.8. The lowest BCUT2D eigenvalue weighted by Gasteiger charge is -1.94. The van der Waals surface area contributed by atoms with Crippen molar-refractivity contribution in [1.82, 2.24) is 15.2 Å². The molecule has 0 saturated carbocycles. The molecule has 0 bridgehead atoms. The Morgan fingerprint density at radius 2 is 2.45 bits per heavy atom. The largest absolute Gasteiger partial charge is 0.480 e. The average molecular weight is 174 g/mol. The summed E-state index contributed by atoms with van der Waals surface area (Å²) < 4.78 is 0.290. The number of hydrogen-bond acceptors (Lipinski definition) is 4. The molecule has 0 amide bonds. The number of hydrogen-bond donors (Lipinski definition) is 4. The molecule has 4 N–H and O–H groups in total. The molecule has 0 radical (unpaired) electrons. The first-order valence-corrected chi connectivity index (χ1v) is 3.19. The van der Waals surface area contributed by atoms with Crippen LogP contribution in [0.3, 0.4) is 0 Å². The van der Waals surface area contributed by atoms with Crippen LogP contribution in [0.15, 0.2) is 0 Å². The highest BCUT2D eigenvalue weighted by atomic mass is 32.1. The number of aromatic amines is 2. The highest BCUT2D eigenvalue weighted by Crippen LogP contribution is 1.91. The molecule has 1 aromatic heterocycles. The van der Waals surface area contributed by atoms with Gasteiger partial charge in [0.05, 0.1) is 0 Å². The van der Waals surface area contributed by atoms with Crippen molar-refractivity contribution in [2.75, 3.05) is 11.9 Å². The van der Waals surface area contributed by atoms with Crippen LogP contribution < -0.4 is 5.32 Å². The molecule has 0 spiro atoms. The minimum atomic E-state index is -0.952. The fourth-order valence-electron chi connectivity index (χ4n) is 0.513. The summed E-state index contributed by atoms with van der Waals surface area (Å²) in [7, 11) is 0. The van der Waals surface area contributed by atoms with Crippen molar-refractivity contribution in [3.63, 3.8) is 0 Å². The summed E-state index contributed by atoms with van der Waals surface area (Å²) >= 11 is 4.63. The first-order valence-electron chi connectivity index (χ1n) is 2.79. The van der Waals surface area contributed by atoms with Gasteiger partial charge in [0.1, 0.15) is 6.54 Å². The Morgan fingerprint density at radius 1 is 1.73 bits per heavy atom. The molecular weight excluding hydrogens is 168 g/mol. The van der Waals surface area contributed by atoms with Gasteiger partial charge in [-0.3, -0.25) is 15.0 Å². The lowest BCUT2D eigenvalue weighted by Crippen LogP contribution is -2.13. The summed E-state index contributed by atoms with van der Waals surface area (Å²) in [5.41, 5.74) is 0. The maximum atomic E-state index is 10.0. The molecule has 0 aliphatic heterocycles. The molecule has 1 rings (SSSR count). The molecular formula is C4H6N4O2S. The van der Waals surface area contributed by atoms with Crippen LogP contribution in [0.1, 0.15) is 0 Å². The van der Waals surface area contributed by atoms with Crippen LogP contribution in [0, 0.1) is 4.77 Å². The third kappa shape index (κ3) is 2.38. The Morgan fingerprint density at radius 3 is 2.91 bits per heavy atom. The van der Waals surface area contributed by atoms with Crippen molar-refractivity contribution in [2.24, 2.45) is 0 Å². The van der Waals surface area contributed by atoms with Crippen molar-refractivity contribution < 1.29 is 9.90 Å². The molecule has 0 saturated heterocycles. The van der Waals surface area contributed by atoms with Gasteiger partial charge in [-0.05, 0) is 12.2 Å². The Labute approximate surface area is 66.6 Å². The minimum Gasteiger partial charge on any atom is -0.480 e. The predicted octanol–water partition coefficient (Wildman–Crippen LogP) is -0.0362. The fourth-order valence-corrected chi connectivity index (χ4v) is 0.655. The van der Waals surface area contributed by atoms with Crippen LogP contribution >= 0.6 is 12.2 Å². The second kappa shape index (κ2) is 3.15. The van der Waals surface area contributed by atoms with Gasteiger partial charge in [0.15, 0.2) is 0 Å². The number of carbonyl (C=O) groups is 1. The van der Waals surface area contributed by atoms with E-state index in [9.17, 15) is 4.79 Å². The van der Waals surface area contributed by atoms with Crippen molar-refractivity contribution in [3.8, 4) is 0 Å². The number of carboxylic acid groups (broad SMARTS) is 1. The molecule has 7 heteroatoms. The summed E-state index contributed by atoms with van der Waals surface area (Å²) in [6, 6.07) is 0. The second-order valence-electron chi connectivity index (χ2n) is 1.76. The zero-order valence-electron chi connectivity index (χ0n) is 5.42. The Kier molecular flexibility index (Phi) is 2.21. The van der Waals surface area contributed by atoms with Gasteiger partial charge >= 0.3 is 5.97 Å². The number of H-pyrrole nitrogens is 2. The van der Waals surface area contributed by atoms with E-state index in [2.05, 4.69) is 32.7 Å². The van der Waals surface area contributed by atoms with Crippen LogP contribution in [0.5, 0.6) is 0 Å². The van der Waals surface area contributed by atoms with Crippen LogP contribution in [0.25, 0.3) is 0 Å². The molecule has 0 aromatic carbocycles. The number of nitrogens with zero attached hydrogens (tertiary/aromatic N) is 1. The number of aromatic nitrogens is 3. The van der Waals surface area contributed by atoms with Crippen LogP contribution in [0.2, 0.25) is 0 Å². The van der Waals surface area contributed by atoms with Crippen LogP contribution in [-0.4, -0.2) is 32.8 Å². The first kappa shape index (κ1) is 7.73. The summed E-state index contributed by atoms with van der Waals surface area (Å²) in [4.78, 5) is 13.8. The van der Waals surface area contributed by atoms with Gasteiger partial charge in [-0.1, -0.05) is 0 Å². The minimum absolute atomic E-state index is 0.184.